The van der Waals surface area contributed by atoms with Crippen LogP contribution in [0.3, 0.4) is 0 Å². The quantitative estimate of drug-likeness (QED) is 0.623. The average Bonchev–Trinajstić information content (AvgIpc) is 2.31. The maximum atomic E-state index is 11.0. The van der Waals surface area contributed by atoms with Crippen LogP contribution in [-0.2, 0) is 0 Å². The molecule has 2 rings (SSSR count). The van der Waals surface area contributed by atoms with E-state index in [1.165, 1.54) is 18.0 Å². The van der Waals surface area contributed by atoms with E-state index < -0.39 is 5.76 Å². The number of hydrogen-bond donors (Lipinski definition) is 0. The average molecular weight is 254 g/mol. The molecule has 2 aromatic rings. The van der Waals surface area contributed by atoms with Crippen LogP contribution in [0.4, 0.5) is 0 Å². The molecule has 0 aliphatic heterocycles. The van der Waals surface area contributed by atoms with Crippen molar-refractivity contribution in [3.05, 3.63) is 47.1 Å². The first kappa shape index (κ1) is 11.2. The molecule has 16 heavy (non-hydrogen) atoms. The van der Waals surface area contributed by atoms with Crippen molar-refractivity contribution in [1.29, 1.82) is 0 Å². The van der Waals surface area contributed by atoms with Crippen LogP contribution < -0.4 is 5.76 Å². The predicted molar refractivity (Wildman–Crippen MR) is 64.8 cm³/mol. The van der Waals surface area contributed by atoms with Crippen LogP contribution in [0.15, 0.2) is 50.8 Å². The molecule has 0 unspecified atom stereocenters. The number of thioether (sulfide) groups is 1. The topological polar surface area (TPSA) is 43.1 Å². The fourth-order valence-corrected chi connectivity index (χ4v) is 2.17. The Morgan fingerprint density at radius 2 is 2.06 bits per heavy atom. The first-order valence-electron chi connectivity index (χ1n) is 4.55. The second kappa shape index (κ2) is 5.18. The molecule has 0 fully saturated rings. The van der Waals surface area contributed by atoms with E-state index in [9.17, 15) is 4.79 Å². The minimum atomic E-state index is -0.604. The number of alkyl halides is 1. The second-order valence-electron chi connectivity index (χ2n) is 2.95. The fraction of sp³-hybridized carbons (Fsp3) is 0.0909. The molecule has 0 radical (unpaired) electrons. The van der Waals surface area contributed by atoms with Crippen LogP contribution in [0.2, 0.25) is 0 Å². The Balaban J connectivity index is 2.52. The molecule has 1 aromatic carbocycles. The molecule has 0 amide bonds. The van der Waals surface area contributed by atoms with Crippen molar-refractivity contribution < 1.29 is 4.42 Å². The molecule has 1 heterocycles. The van der Waals surface area contributed by atoms with E-state index in [1.54, 1.807) is 0 Å². The molecule has 1 aromatic heterocycles. The minimum absolute atomic E-state index is 0.344. The fourth-order valence-electron chi connectivity index (χ4n) is 1.30. The lowest BCUT2D eigenvalue weighted by Crippen LogP contribution is -2.05. The highest BCUT2D eigenvalue weighted by atomic mass is 35.5. The van der Waals surface area contributed by atoms with Gasteiger partial charge in [-0.15, -0.1) is 11.6 Å². The summed E-state index contributed by atoms with van der Waals surface area (Å²) in [6.45, 7) is 0. The summed E-state index contributed by atoms with van der Waals surface area (Å²) in [7, 11) is 0. The van der Waals surface area contributed by atoms with Gasteiger partial charge >= 0.3 is 5.76 Å². The summed E-state index contributed by atoms with van der Waals surface area (Å²) in [4.78, 5) is 14.8. The van der Waals surface area contributed by atoms with E-state index in [0.717, 1.165) is 11.1 Å². The maximum Gasteiger partial charge on any atom is 0.439 e. The van der Waals surface area contributed by atoms with Gasteiger partial charge in [-0.25, -0.2) is 4.79 Å². The Morgan fingerprint density at radius 1 is 1.31 bits per heavy atom. The third-order valence-electron chi connectivity index (χ3n) is 1.98. The van der Waals surface area contributed by atoms with Gasteiger partial charge in [0.1, 0.15) is 11.3 Å². The number of halogens is 1. The zero-order valence-corrected chi connectivity index (χ0v) is 9.79. The Hall–Kier alpha value is -1.26. The van der Waals surface area contributed by atoms with Crippen molar-refractivity contribution in [2.24, 2.45) is 0 Å². The third kappa shape index (κ3) is 2.46. The highest BCUT2D eigenvalue weighted by Crippen LogP contribution is 2.28. The van der Waals surface area contributed by atoms with Gasteiger partial charge in [0.15, 0.2) is 0 Å². The molecular formula is C11H8ClNO2S. The van der Waals surface area contributed by atoms with Crippen molar-refractivity contribution in [1.82, 2.24) is 4.98 Å². The van der Waals surface area contributed by atoms with Gasteiger partial charge in [-0.3, -0.25) is 0 Å². The smallest absolute Gasteiger partial charge is 0.416 e. The lowest BCUT2D eigenvalue weighted by atomic mass is 10.1. The van der Waals surface area contributed by atoms with E-state index in [0.29, 0.717) is 10.2 Å². The molecule has 3 nitrogen and oxygen atoms in total. The van der Waals surface area contributed by atoms with Gasteiger partial charge in [0.25, 0.3) is 0 Å². The Morgan fingerprint density at radius 3 is 2.75 bits per heavy atom. The van der Waals surface area contributed by atoms with Crippen molar-refractivity contribution in [3.8, 4) is 11.1 Å². The van der Waals surface area contributed by atoms with Crippen molar-refractivity contribution >= 4 is 23.4 Å². The Bertz CT molecular complexity index is 527. The van der Waals surface area contributed by atoms with E-state index in [-0.39, 0.29) is 0 Å². The number of aromatic nitrogens is 1. The molecule has 0 atom stereocenters. The molecule has 0 saturated heterocycles. The molecular weight excluding hydrogens is 246 g/mol. The summed E-state index contributed by atoms with van der Waals surface area (Å²) < 4.78 is 4.78. The monoisotopic (exact) mass is 253 g/mol. The summed E-state index contributed by atoms with van der Waals surface area (Å²) in [6.07, 6.45) is 1.42. The zero-order chi connectivity index (χ0) is 11.4. The first-order chi connectivity index (χ1) is 7.81. The van der Waals surface area contributed by atoms with E-state index >= 15 is 0 Å². The van der Waals surface area contributed by atoms with Crippen LogP contribution in [0.1, 0.15) is 0 Å². The molecule has 0 N–H and O–H groups in total. The molecule has 0 bridgehead atoms. The van der Waals surface area contributed by atoms with Crippen molar-refractivity contribution in [2.75, 3.05) is 5.21 Å². The Labute approximate surface area is 101 Å². The van der Waals surface area contributed by atoms with Gasteiger partial charge in [0.2, 0.25) is 0 Å². The van der Waals surface area contributed by atoms with E-state index in [4.69, 9.17) is 16.0 Å². The van der Waals surface area contributed by atoms with E-state index in [2.05, 4.69) is 4.98 Å². The molecule has 0 aliphatic carbocycles. The number of nitrogens with zero attached hydrogens (tertiary/aromatic N) is 1. The minimum Gasteiger partial charge on any atom is -0.416 e. The second-order valence-corrected chi connectivity index (χ2v) is 4.50. The largest absolute Gasteiger partial charge is 0.439 e. The zero-order valence-electron chi connectivity index (χ0n) is 8.22. The summed E-state index contributed by atoms with van der Waals surface area (Å²) >= 11 is 6.94. The standard InChI is InChI=1S/C11H8ClNO2S/c12-7-16-10-9(6-15-11(14)13-10)8-4-2-1-3-5-8/h1-6H,7H2. The van der Waals surface area contributed by atoms with Crippen molar-refractivity contribution in [3.63, 3.8) is 0 Å². The van der Waals surface area contributed by atoms with Gasteiger partial charge in [-0.2, -0.15) is 4.98 Å². The predicted octanol–water partition coefficient (Wildman–Crippen LogP) is 2.99. The van der Waals surface area contributed by atoms with Gasteiger partial charge in [-0.1, -0.05) is 42.1 Å². The molecule has 0 saturated carbocycles. The number of hydrogen-bond acceptors (Lipinski definition) is 4. The van der Waals surface area contributed by atoms with Crippen molar-refractivity contribution in [2.45, 2.75) is 5.03 Å². The summed E-state index contributed by atoms with van der Waals surface area (Å²) in [5, 5.41) is 0.938. The highest BCUT2D eigenvalue weighted by Gasteiger charge is 2.08. The lowest BCUT2D eigenvalue weighted by molar-refractivity contribution is 0.476. The lowest BCUT2D eigenvalue weighted by Gasteiger charge is -2.04. The van der Waals surface area contributed by atoms with Gasteiger partial charge in [0.05, 0.1) is 5.21 Å². The Kier molecular flexibility index (Phi) is 3.64. The number of rotatable bonds is 3. The van der Waals surface area contributed by atoms with Gasteiger partial charge in [0, 0.05) is 5.56 Å². The van der Waals surface area contributed by atoms with E-state index in [1.807, 2.05) is 30.3 Å². The van der Waals surface area contributed by atoms with Gasteiger partial charge in [-0.05, 0) is 5.56 Å². The van der Waals surface area contributed by atoms with Crippen LogP contribution in [0.25, 0.3) is 11.1 Å². The molecule has 5 heteroatoms. The van der Waals surface area contributed by atoms with Crippen LogP contribution >= 0.6 is 23.4 Å². The maximum absolute atomic E-state index is 11.0. The SMILES string of the molecule is O=c1nc(SCCl)c(-c2ccccc2)co1. The molecule has 82 valence electrons. The molecule has 0 spiro atoms. The van der Waals surface area contributed by atoms with Crippen LogP contribution in [0, 0.1) is 0 Å². The molecule has 0 aliphatic rings. The normalized spacial score (nSPS) is 10.3. The summed E-state index contributed by atoms with van der Waals surface area (Å²) in [5.41, 5.74) is 1.73. The summed E-state index contributed by atoms with van der Waals surface area (Å²) in [5.74, 6) is -0.604. The van der Waals surface area contributed by atoms with Crippen LogP contribution in [-0.4, -0.2) is 10.2 Å². The number of benzene rings is 1. The van der Waals surface area contributed by atoms with Gasteiger partial charge < -0.3 is 4.42 Å². The first-order valence-corrected chi connectivity index (χ1v) is 6.07. The highest BCUT2D eigenvalue weighted by molar-refractivity contribution is 8.00. The summed E-state index contributed by atoms with van der Waals surface area (Å²) in [6, 6.07) is 9.60. The third-order valence-corrected chi connectivity index (χ3v) is 3.00. The van der Waals surface area contributed by atoms with Crippen LogP contribution in [0.5, 0.6) is 0 Å².